The van der Waals surface area contributed by atoms with Gasteiger partial charge in [0.2, 0.25) is 0 Å². The van der Waals surface area contributed by atoms with Crippen molar-refractivity contribution in [1.29, 1.82) is 0 Å². The summed E-state index contributed by atoms with van der Waals surface area (Å²) in [5.74, 6) is -4.87. The molecule has 4 rings (SSSR count). The van der Waals surface area contributed by atoms with Crippen LogP contribution >= 0.6 is 0 Å². The van der Waals surface area contributed by atoms with Crippen LogP contribution in [0.3, 0.4) is 0 Å². The van der Waals surface area contributed by atoms with Crippen molar-refractivity contribution < 1.29 is 99.6 Å². The number of azo groups is 3. The molecule has 0 amide bonds. The molecule has 0 unspecified atom stereocenters. The second-order valence-corrected chi connectivity index (χ2v) is 23.9. The maximum absolute atomic E-state index is 12.9. The lowest BCUT2D eigenvalue weighted by atomic mass is 10.1. The van der Waals surface area contributed by atoms with Crippen molar-refractivity contribution in [3.05, 3.63) is 72.3 Å². The van der Waals surface area contributed by atoms with E-state index in [0.717, 1.165) is 48.5 Å². The first-order valence-corrected chi connectivity index (χ1v) is 28.2. The van der Waals surface area contributed by atoms with Crippen LogP contribution in [0.2, 0.25) is 0 Å². The Morgan fingerprint density at radius 1 is 0.464 bits per heavy atom. The van der Waals surface area contributed by atoms with Crippen LogP contribution in [0.5, 0.6) is 0 Å². The van der Waals surface area contributed by atoms with E-state index in [1.807, 2.05) is 0 Å². The fourth-order valence-electron chi connectivity index (χ4n) is 5.11. The van der Waals surface area contributed by atoms with Gasteiger partial charge in [0, 0.05) is 0 Å². The van der Waals surface area contributed by atoms with Gasteiger partial charge in [-0.05, 0) is 66.7 Å². The van der Waals surface area contributed by atoms with E-state index in [-0.39, 0.29) is 16.3 Å². The van der Waals surface area contributed by atoms with Crippen molar-refractivity contribution >= 4 is 122 Å². The van der Waals surface area contributed by atoms with Gasteiger partial charge in [-0.15, -0.1) is 20.5 Å². The minimum absolute atomic E-state index is 0.146. The summed E-state index contributed by atoms with van der Waals surface area (Å²) in [4.78, 5) is 9.96. The largest absolute Gasteiger partial charge is 0.478 e. The molecule has 38 heteroatoms. The lowest BCUT2D eigenvalue weighted by Gasteiger charge is -2.13. The second kappa shape index (κ2) is 21.4. The van der Waals surface area contributed by atoms with Crippen molar-refractivity contribution in [2.24, 2.45) is 30.7 Å². The molecule has 0 saturated heterocycles. The molecule has 0 spiro atoms. The Morgan fingerprint density at radius 2 is 0.797 bits per heavy atom. The Morgan fingerprint density at radius 3 is 1.14 bits per heavy atom. The van der Waals surface area contributed by atoms with Crippen LogP contribution in [-0.4, -0.2) is 125 Å². The number of aromatic carboxylic acids is 1. The van der Waals surface area contributed by atoms with Gasteiger partial charge in [-0.1, -0.05) is 0 Å². The van der Waals surface area contributed by atoms with Crippen LogP contribution in [-0.2, 0) is 83.4 Å². The molecule has 9 N–H and O–H groups in total. The fourth-order valence-corrected chi connectivity index (χ4v) is 10.3. The summed E-state index contributed by atoms with van der Waals surface area (Å²) >= 11 is 0. The molecule has 376 valence electrons. The Hall–Kier alpha value is -5.88. The standard InChI is InChI=1S/C31H32N8O23S7/c32-26-28(37-34-18-1-5-20(6-2-18)63(42,43)14-11-60-67(51,52)53)25(31(40)41)29(27(33)30(26)39-35-19-3-7-21(8-4-19)64(44,45)15-12-61-68(54,55)56)38-36-23-10-9-22(17-24(23)66(48,49)50)65(46,47)16-13-62-69(57,58)59/h1-10,17H,11-16,32-33H2,(H,40,41)(H,48,49,50)(H,51,52,53)(H,54,55,56)(H,57,58,59). The van der Waals surface area contributed by atoms with Crippen LogP contribution < -0.4 is 11.5 Å². The van der Waals surface area contributed by atoms with E-state index in [9.17, 15) is 73.4 Å². The highest BCUT2D eigenvalue weighted by molar-refractivity contribution is 7.92. The number of hydrogen-bond acceptors (Lipinski definition) is 26. The Balaban J connectivity index is 1.87. The van der Waals surface area contributed by atoms with E-state index in [1.165, 1.54) is 0 Å². The van der Waals surface area contributed by atoms with Crippen LogP contribution in [0.1, 0.15) is 10.4 Å². The Kier molecular flexibility index (Phi) is 17.3. The molecule has 0 aliphatic heterocycles. The number of rotatable bonds is 23. The molecule has 0 atom stereocenters. The topological polar surface area (TPSA) is 511 Å². The zero-order chi connectivity index (χ0) is 52.0. The monoisotopic (exact) mass is 1110 g/mol. The number of carboxylic acid groups (broad SMARTS) is 1. The van der Waals surface area contributed by atoms with Gasteiger partial charge in [0.05, 0.1) is 74.5 Å². The molecule has 0 aliphatic rings. The first kappa shape index (κ1) is 55.7. The summed E-state index contributed by atoms with van der Waals surface area (Å²) in [6.07, 6.45) is 0. The zero-order valence-electron chi connectivity index (χ0n) is 33.9. The number of carboxylic acids is 1. The molecule has 0 aliphatic carbocycles. The molecule has 0 fully saturated rings. The first-order chi connectivity index (χ1) is 31.6. The van der Waals surface area contributed by atoms with Gasteiger partial charge in [-0.2, -0.15) is 43.9 Å². The first-order valence-electron chi connectivity index (χ1n) is 17.7. The number of sulfone groups is 3. The predicted molar refractivity (Wildman–Crippen MR) is 233 cm³/mol. The molecule has 69 heavy (non-hydrogen) atoms. The third kappa shape index (κ3) is 16.1. The van der Waals surface area contributed by atoms with E-state index in [2.05, 4.69) is 43.2 Å². The number of nitrogen functional groups attached to an aromatic ring is 2. The predicted octanol–water partition coefficient (Wildman–Crippen LogP) is 2.82. The van der Waals surface area contributed by atoms with E-state index < -0.39 is 168 Å². The van der Waals surface area contributed by atoms with Gasteiger partial charge in [0.1, 0.15) is 33.2 Å². The van der Waals surface area contributed by atoms with E-state index in [0.29, 0.717) is 18.2 Å². The van der Waals surface area contributed by atoms with Crippen molar-refractivity contribution in [3.63, 3.8) is 0 Å². The van der Waals surface area contributed by atoms with Crippen LogP contribution in [0.4, 0.5) is 45.5 Å². The molecule has 0 heterocycles. The summed E-state index contributed by atoms with van der Waals surface area (Å²) in [7, 11) is -33.5. The van der Waals surface area contributed by atoms with Crippen LogP contribution in [0.25, 0.3) is 0 Å². The molecular weight excluding hydrogens is 1080 g/mol. The highest BCUT2D eigenvalue weighted by Gasteiger charge is 2.28. The molecule has 4 aromatic carbocycles. The summed E-state index contributed by atoms with van der Waals surface area (Å²) in [5, 5.41) is 33.3. The minimum atomic E-state index is -5.42. The number of benzene rings is 4. The lowest BCUT2D eigenvalue weighted by Crippen LogP contribution is -2.16. The number of hydrogen-bond donors (Lipinski definition) is 7. The molecular formula is C31H32N8O23S7. The number of anilines is 2. The van der Waals surface area contributed by atoms with Gasteiger partial charge >= 0.3 is 37.2 Å². The van der Waals surface area contributed by atoms with Crippen LogP contribution in [0, 0.1) is 0 Å². The maximum Gasteiger partial charge on any atom is 0.397 e. The molecule has 31 nitrogen and oxygen atoms in total. The molecule has 0 saturated carbocycles. The molecule has 0 aromatic heterocycles. The number of nitrogens with zero attached hydrogens (tertiary/aromatic N) is 6. The Labute approximate surface area is 390 Å². The Bertz CT molecular complexity index is 3550. The van der Waals surface area contributed by atoms with Gasteiger partial charge in [0.15, 0.2) is 29.5 Å². The average molecular weight is 1110 g/mol. The molecule has 0 radical (unpaired) electrons. The van der Waals surface area contributed by atoms with Gasteiger partial charge < -0.3 is 16.6 Å². The van der Waals surface area contributed by atoms with Crippen molar-refractivity contribution in [3.8, 4) is 0 Å². The van der Waals surface area contributed by atoms with Crippen molar-refractivity contribution in [2.45, 2.75) is 19.6 Å². The summed E-state index contributed by atoms with van der Waals surface area (Å²) < 4.78 is 214. The molecule has 0 bridgehead atoms. The number of carbonyl (C=O) groups is 1. The SMILES string of the molecule is Nc1c(N=Nc2ccc(S(=O)(=O)CCOS(=O)(=O)O)cc2)c(N)c(N=Nc2ccc(S(=O)(=O)CCOS(=O)(=O)O)cc2S(=O)(=O)O)c(C(=O)O)c1N=Nc1ccc(S(=O)(=O)CCOS(=O)(=O)O)cc1. The normalized spacial score (nSPS) is 13.4. The van der Waals surface area contributed by atoms with E-state index in [1.54, 1.807) is 0 Å². The highest BCUT2D eigenvalue weighted by Crippen LogP contribution is 2.49. The van der Waals surface area contributed by atoms with Gasteiger partial charge in [-0.25, -0.2) is 42.6 Å². The fraction of sp³-hybridized carbons (Fsp3) is 0.194. The summed E-state index contributed by atoms with van der Waals surface area (Å²) in [6.45, 7) is -3.03. The quantitative estimate of drug-likeness (QED) is 0.0319. The highest BCUT2D eigenvalue weighted by atomic mass is 32.3. The van der Waals surface area contributed by atoms with Crippen LogP contribution in [0.15, 0.2) is 117 Å². The lowest BCUT2D eigenvalue weighted by molar-refractivity contribution is 0.0698. The van der Waals surface area contributed by atoms with Gasteiger partial charge in [0.25, 0.3) is 10.1 Å². The van der Waals surface area contributed by atoms with Gasteiger partial charge in [-0.3, -0.25) is 18.2 Å². The number of nitrogens with two attached hydrogens (primary N) is 2. The second-order valence-electron chi connectivity index (χ2n) is 13.0. The van der Waals surface area contributed by atoms with E-state index in [4.69, 9.17) is 25.1 Å². The van der Waals surface area contributed by atoms with Crippen molar-refractivity contribution in [2.75, 3.05) is 48.5 Å². The minimum Gasteiger partial charge on any atom is -0.478 e. The average Bonchev–Trinajstić information content (AvgIpc) is 3.21. The summed E-state index contributed by atoms with van der Waals surface area (Å²) in [6, 6.07) is 9.92. The smallest absolute Gasteiger partial charge is 0.397 e. The van der Waals surface area contributed by atoms with E-state index >= 15 is 0 Å². The zero-order valence-corrected chi connectivity index (χ0v) is 39.6. The summed E-state index contributed by atoms with van der Waals surface area (Å²) in [5.41, 5.74) is 6.42. The molecule has 4 aromatic rings. The third-order valence-electron chi connectivity index (χ3n) is 8.21. The maximum atomic E-state index is 12.9. The third-order valence-corrected chi connectivity index (χ3v) is 15.6. The van der Waals surface area contributed by atoms with Crippen molar-refractivity contribution in [1.82, 2.24) is 0 Å².